The number of furan rings is 1. The third-order valence-corrected chi connectivity index (χ3v) is 2.97. The molecular weight excluding hydrogens is 359 g/mol. The van der Waals surface area contributed by atoms with Crippen LogP contribution in [-0.4, -0.2) is 35.9 Å². The summed E-state index contributed by atoms with van der Waals surface area (Å²) in [7, 11) is 0. The summed E-state index contributed by atoms with van der Waals surface area (Å²) in [6, 6.07) is 8.64. The van der Waals surface area contributed by atoms with Crippen molar-refractivity contribution in [2.45, 2.75) is 6.36 Å². The van der Waals surface area contributed by atoms with E-state index in [-0.39, 0.29) is 17.5 Å². The Hall–Kier alpha value is -2.59. The van der Waals surface area contributed by atoms with E-state index in [2.05, 4.69) is 20.6 Å². The average molecular weight is 373 g/mol. The van der Waals surface area contributed by atoms with Crippen molar-refractivity contribution < 1.29 is 27.4 Å². The van der Waals surface area contributed by atoms with E-state index in [9.17, 15) is 13.2 Å². The van der Waals surface area contributed by atoms with Crippen molar-refractivity contribution in [2.24, 2.45) is 5.10 Å². The smallest absolute Gasteiger partial charge is 0.455 e. The summed E-state index contributed by atoms with van der Waals surface area (Å²) in [4.78, 5) is 0. The summed E-state index contributed by atoms with van der Waals surface area (Å²) >= 11 is 4.89. The van der Waals surface area contributed by atoms with Crippen molar-refractivity contribution in [1.82, 2.24) is 10.7 Å². The number of nitrogens with zero attached hydrogens (tertiary/aromatic N) is 1. The number of nitrogens with one attached hydrogen (secondary N) is 2. The number of benzene rings is 1. The first-order chi connectivity index (χ1) is 11.9. The van der Waals surface area contributed by atoms with E-state index in [0.29, 0.717) is 23.6 Å². The molecule has 1 aromatic heterocycles. The molecule has 0 radical (unpaired) electrons. The molecule has 2 aromatic rings. The highest BCUT2D eigenvalue weighted by molar-refractivity contribution is 7.80. The maximum absolute atomic E-state index is 12.3. The normalized spacial score (nSPS) is 11.5. The first-order valence-corrected chi connectivity index (χ1v) is 7.42. The molecule has 1 aromatic carbocycles. The van der Waals surface area contributed by atoms with Crippen molar-refractivity contribution in [3.63, 3.8) is 0 Å². The summed E-state index contributed by atoms with van der Waals surface area (Å²) < 4.78 is 46.2. The van der Waals surface area contributed by atoms with Gasteiger partial charge < -0.3 is 19.6 Å². The van der Waals surface area contributed by atoms with E-state index >= 15 is 0 Å². The molecule has 0 aliphatic carbocycles. The van der Waals surface area contributed by atoms with Crippen molar-refractivity contribution in [3.05, 3.63) is 42.2 Å². The van der Waals surface area contributed by atoms with Crippen LogP contribution in [0.5, 0.6) is 5.75 Å². The van der Waals surface area contributed by atoms with Gasteiger partial charge in [-0.05, 0) is 36.5 Å². The predicted octanol–water partition coefficient (Wildman–Crippen LogP) is 2.64. The zero-order valence-electron chi connectivity index (χ0n) is 12.7. The first-order valence-electron chi connectivity index (χ1n) is 7.01. The fraction of sp³-hybridized carbons (Fsp3) is 0.200. The molecule has 0 fully saturated rings. The van der Waals surface area contributed by atoms with Gasteiger partial charge in [0.1, 0.15) is 17.3 Å². The number of thiocarbonyl (C=S) groups is 1. The number of halogens is 3. The lowest BCUT2D eigenvalue weighted by atomic mass is 10.2. The van der Waals surface area contributed by atoms with Gasteiger partial charge in [0.25, 0.3) is 0 Å². The van der Waals surface area contributed by atoms with Gasteiger partial charge in [-0.25, -0.2) is 0 Å². The number of aliphatic hydroxyl groups is 1. The summed E-state index contributed by atoms with van der Waals surface area (Å²) in [5.41, 5.74) is 2.95. The maximum Gasteiger partial charge on any atom is 0.573 e. The van der Waals surface area contributed by atoms with Gasteiger partial charge in [-0.1, -0.05) is 12.1 Å². The molecule has 10 heteroatoms. The number of rotatable bonds is 6. The number of alkyl halides is 3. The van der Waals surface area contributed by atoms with Crippen molar-refractivity contribution in [1.29, 1.82) is 0 Å². The van der Waals surface area contributed by atoms with Gasteiger partial charge in [-0.3, -0.25) is 5.43 Å². The molecule has 0 amide bonds. The molecule has 0 saturated carbocycles. The Morgan fingerprint density at radius 3 is 2.84 bits per heavy atom. The Kier molecular flexibility index (Phi) is 6.37. The second kappa shape index (κ2) is 8.49. The molecule has 6 nitrogen and oxygen atoms in total. The van der Waals surface area contributed by atoms with Crippen LogP contribution in [-0.2, 0) is 0 Å². The second-order valence-electron chi connectivity index (χ2n) is 4.63. The minimum Gasteiger partial charge on any atom is -0.455 e. The van der Waals surface area contributed by atoms with Crippen LogP contribution < -0.4 is 15.5 Å². The van der Waals surface area contributed by atoms with Crippen LogP contribution in [0.2, 0.25) is 0 Å². The van der Waals surface area contributed by atoms with E-state index < -0.39 is 6.36 Å². The highest BCUT2D eigenvalue weighted by Gasteiger charge is 2.31. The quantitative estimate of drug-likeness (QED) is 0.410. The minimum absolute atomic E-state index is 0.0653. The Bertz CT molecular complexity index is 747. The fourth-order valence-corrected chi connectivity index (χ4v) is 1.94. The zero-order valence-corrected chi connectivity index (χ0v) is 13.5. The van der Waals surface area contributed by atoms with Gasteiger partial charge in [0, 0.05) is 12.1 Å². The third kappa shape index (κ3) is 6.43. The van der Waals surface area contributed by atoms with Gasteiger partial charge in [0.2, 0.25) is 0 Å². The Morgan fingerprint density at radius 2 is 2.12 bits per heavy atom. The number of aliphatic hydroxyl groups excluding tert-OH is 1. The summed E-state index contributed by atoms with van der Waals surface area (Å²) in [5, 5.41) is 15.4. The molecular formula is C15H14F3N3O3S. The van der Waals surface area contributed by atoms with Crippen LogP contribution >= 0.6 is 12.2 Å². The van der Waals surface area contributed by atoms with E-state index in [1.807, 2.05) is 0 Å². The van der Waals surface area contributed by atoms with Gasteiger partial charge in [0.15, 0.2) is 5.11 Å². The van der Waals surface area contributed by atoms with E-state index in [1.165, 1.54) is 24.4 Å². The fourth-order valence-electron chi connectivity index (χ4n) is 1.79. The zero-order chi connectivity index (χ0) is 18.3. The molecule has 1 heterocycles. The Morgan fingerprint density at radius 1 is 1.32 bits per heavy atom. The predicted molar refractivity (Wildman–Crippen MR) is 89.2 cm³/mol. The van der Waals surface area contributed by atoms with Crippen LogP contribution in [0, 0.1) is 0 Å². The molecule has 0 aliphatic rings. The molecule has 0 atom stereocenters. The van der Waals surface area contributed by atoms with Crippen LogP contribution in [0.3, 0.4) is 0 Å². The number of hydrogen-bond donors (Lipinski definition) is 3. The first kappa shape index (κ1) is 18.7. The molecule has 0 saturated heterocycles. The van der Waals surface area contributed by atoms with E-state index in [1.54, 1.807) is 18.2 Å². The summed E-state index contributed by atoms with van der Waals surface area (Å²) in [6.45, 7) is 0.229. The topological polar surface area (TPSA) is 79.0 Å². The Balaban J connectivity index is 2.01. The summed E-state index contributed by atoms with van der Waals surface area (Å²) in [5.74, 6) is 0.392. The molecule has 3 N–H and O–H groups in total. The van der Waals surface area contributed by atoms with E-state index in [0.717, 1.165) is 0 Å². The lowest BCUT2D eigenvalue weighted by Crippen LogP contribution is -2.33. The number of hydrazone groups is 1. The van der Waals surface area contributed by atoms with Gasteiger partial charge in [0.05, 0.1) is 12.8 Å². The highest BCUT2D eigenvalue weighted by atomic mass is 32.1. The number of ether oxygens (including phenoxy) is 1. The maximum atomic E-state index is 12.3. The van der Waals surface area contributed by atoms with Crippen LogP contribution in [0.4, 0.5) is 13.2 Å². The lowest BCUT2D eigenvalue weighted by molar-refractivity contribution is -0.274. The number of hydrogen-bond acceptors (Lipinski definition) is 5. The SMILES string of the molecule is OCCNC(=S)N/N=C/c1ccc(-c2cccc(OC(F)(F)F)c2)o1. The molecule has 2 rings (SSSR count). The molecule has 0 unspecified atom stereocenters. The monoisotopic (exact) mass is 373 g/mol. The van der Waals surface area contributed by atoms with Crippen molar-refractivity contribution in [3.8, 4) is 17.1 Å². The standard InChI is InChI=1S/C15H14F3N3O3S/c16-15(17,18)24-11-3-1-2-10(8-11)13-5-4-12(23-13)9-20-21-14(25)19-6-7-22/h1-5,8-9,22H,6-7H2,(H2,19,21,25)/b20-9+. The van der Waals surface area contributed by atoms with Crippen molar-refractivity contribution >= 4 is 23.5 Å². The van der Waals surface area contributed by atoms with Crippen molar-refractivity contribution in [2.75, 3.05) is 13.2 Å². The van der Waals surface area contributed by atoms with Gasteiger partial charge in [-0.15, -0.1) is 13.2 Å². The second-order valence-corrected chi connectivity index (χ2v) is 5.04. The summed E-state index contributed by atoms with van der Waals surface area (Å²) in [6.07, 6.45) is -3.40. The average Bonchev–Trinajstić information content (AvgIpc) is 3.00. The molecule has 0 spiro atoms. The van der Waals surface area contributed by atoms with E-state index in [4.69, 9.17) is 21.7 Å². The molecule has 25 heavy (non-hydrogen) atoms. The minimum atomic E-state index is -4.76. The highest BCUT2D eigenvalue weighted by Crippen LogP contribution is 2.28. The molecule has 134 valence electrons. The molecule has 0 aliphatic heterocycles. The van der Waals surface area contributed by atoms with Crippen LogP contribution in [0.25, 0.3) is 11.3 Å². The van der Waals surface area contributed by atoms with Gasteiger partial charge in [-0.2, -0.15) is 5.10 Å². The lowest BCUT2D eigenvalue weighted by Gasteiger charge is -2.09. The van der Waals surface area contributed by atoms with Crippen LogP contribution in [0.15, 0.2) is 45.9 Å². The Labute approximate surface area is 146 Å². The largest absolute Gasteiger partial charge is 0.573 e. The third-order valence-electron chi connectivity index (χ3n) is 2.73. The van der Waals surface area contributed by atoms with Gasteiger partial charge >= 0.3 is 6.36 Å². The van der Waals surface area contributed by atoms with Crippen LogP contribution in [0.1, 0.15) is 5.76 Å². The molecule has 0 bridgehead atoms.